The highest BCUT2D eigenvalue weighted by Crippen LogP contribution is 2.34. The van der Waals surface area contributed by atoms with E-state index in [0.717, 1.165) is 18.5 Å². The molecule has 0 aliphatic carbocycles. The summed E-state index contributed by atoms with van der Waals surface area (Å²) in [6, 6.07) is 15.6. The Kier molecular flexibility index (Phi) is 6.75. The molecule has 29 heavy (non-hydrogen) atoms. The Morgan fingerprint density at radius 1 is 1.10 bits per heavy atom. The SMILES string of the molecule is COc1ccc(N2CC(C(=O)N(C)CCCc3ccccc3)CC2=O)cc1OC. The molecule has 2 aromatic rings. The fourth-order valence-electron chi connectivity index (χ4n) is 3.70. The molecule has 0 aromatic heterocycles. The van der Waals surface area contributed by atoms with Crippen molar-refractivity contribution in [3.05, 3.63) is 54.1 Å². The molecule has 2 aromatic carbocycles. The zero-order chi connectivity index (χ0) is 20.8. The summed E-state index contributed by atoms with van der Waals surface area (Å²) < 4.78 is 10.6. The molecular formula is C23H28N2O4. The lowest BCUT2D eigenvalue weighted by atomic mass is 10.1. The van der Waals surface area contributed by atoms with E-state index in [2.05, 4.69) is 12.1 Å². The highest BCUT2D eigenvalue weighted by atomic mass is 16.5. The van der Waals surface area contributed by atoms with Gasteiger partial charge in [0.25, 0.3) is 0 Å². The molecule has 6 heteroatoms. The van der Waals surface area contributed by atoms with Crippen LogP contribution in [0.3, 0.4) is 0 Å². The number of ether oxygens (including phenoxy) is 2. The molecule has 3 rings (SSSR count). The van der Waals surface area contributed by atoms with E-state index in [1.165, 1.54) is 5.56 Å². The van der Waals surface area contributed by atoms with Crippen molar-refractivity contribution >= 4 is 17.5 Å². The number of hydrogen-bond donors (Lipinski definition) is 0. The fourth-order valence-corrected chi connectivity index (χ4v) is 3.70. The molecule has 1 fully saturated rings. The van der Waals surface area contributed by atoms with Crippen molar-refractivity contribution in [1.29, 1.82) is 0 Å². The van der Waals surface area contributed by atoms with Crippen LogP contribution >= 0.6 is 0 Å². The Balaban J connectivity index is 1.58. The number of amides is 2. The number of hydrogen-bond acceptors (Lipinski definition) is 4. The number of anilines is 1. The van der Waals surface area contributed by atoms with Gasteiger partial charge >= 0.3 is 0 Å². The summed E-state index contributed by atoms with van der Waals surface area (Å²) in [6.45, 7) is 1.06. The number of nitrogens with zero attached hydrogens (tertiary/aromatic N) is 2. The highest BCUT2D eigenvalue weighted by molar-refractivity contribution is 6.00. The number of aryl methyl sites for hydroxylation is 1. The van der Waals surface area contributed by atoms with E-state index < -0.39 is 0 Å². The van der Waals surface area contributed by atoms with E-state index >= 15 is 0 Å². The first-order chi connectivity index (χ1) is 14.0. The molecule has 0 spiro atoms. The van der Waals surface area contributed by atoms with Gasteiger partial charge in [0.05, 0.1) is 20.1 Å². The first-order valence-corrected chi connectivity index (χ1v) is 9.84. The van der Waals surface area contributed by atoms with Crippen LogP contribution in [0.5, 0.6) is 11.5 Å². The van der Waals surface area contributed by atoms with E-state index in [9.17, 15) is 9.59 Å². The minimum atomic E-state index is -0.322. The number of rotatable bonds is 8. The molecule has 1 aliphatic heterocycles. The van der Waals surface area contributed by atoms with Gasteiger partial charge in [0.15, 0.2) is 11.5 Å². The molecule has 1 atom stereocenters. The maximum absolute atomic E-state index is 12.8. The third kappa shape index (κ3) is 4.88. The van der Waals surface area contributed by atoms with Crippen molar-refractivity contribution in [3.8, 4) is 11.5 Å². The standard InChI is InChI=1S/C23H28N2O4/c1-24(13-7-10-17-8-5-4-6-9-17)23(27)18-14-22(26)25(16-18)19-11-12-20(28-2)21(15-19)29-3/h4-6,8-9,11-12,15,18H,7,10,13-14,16H2,1-3H3. The molecule has 6 nitrogen and oxygen atoms in total. The Morgan fingerprint density at radius 2 is 1.83 bits per heavy atom. The van der Waals surface area contributed by atoms with Crippen molar-refractivity contribution in [2.45, 2.75) is 19.3 Å². The molecule has 0 saturated carbocycles. The summed E-state index contributed by atoms with van der Waals surface area (Å²) >= 11 is 0. The fraction of sp³-hybridized carbons (Fsp3) is 0.391. The van der Waals surface area contributed by atoms with E-state index in [0.29, 0.717) is 24.6 Å². The lowest BCUT2D eigenvalue weighted by Crippen LogP contribution is -2.35. The average molecular weight is 396 g/mol. The van der Waals surface area contributed by atoms with Crippen molar-refractivity contribution in [1.82, 2.24) is 4.90 Å². The van der Waals surface area contributed by atoms with Crippen molar-refractivity contribution < 1.29 is 19.1 Å². The third-order valence-electron chi connectivity index (χ3n) is 5.33. The second kappa shape index (κ2) is 9.45. The lowest BCUT2D eigenvalue weighted by molar-refractivity contribution is -0.134. The number of carbonyl (C=O) groups is 2. The van der Waals surface area contributed by atoms with Crippen LogP contribution in [0, 0.1) is 5.92 Å². The molecule has 154 valence electrons. The lowest BCUT2D eigenvalue weighted by Gasteiger charge is -2.22. The first-order valence-electron chi connectivity index (χ1n) is 9.84. The van der Waals surface area contributed by atoms with Crippen LogP contribution in [-0.4, -0.2) is 51.1 Å². The summed E-state index contributed by atoms with van der Waals surface area (Å²) in [5, 5.41) is 0. The smallest absolute Gasteiger partial charge is 0.227 e. The van der Waals surface area contributed by atoms with Gasteiger partial charge in [-0.05, 0) is 30.5 Å². The molecule has 1 saturated heterocycles. The van der Waals surface area contributed by atoms with E-state index in [-0.39, 0.29) is 24.2 Å². The average Bonchev–Trinajstić information content (AvgIpc) is 3.14. The van der Waals surface area contributed by atoms with Gasteiger partial charge in [0, 0.05) is 38.3 Å². The summed E-state index contributed by atoms with van der Waals surface area (Å²) in [5.74, 6) is 0.819. The van der Waals surface area contributed by atoms with E-state index in [1.807, 2.05) is 31.3 Å². The van der Waals surface area contributed by atoms with Crippen LogP contribution < -0.4 is 14.4 Å². The Hall–Kier alpha value is -3.02. The predicted molar refractivity (Wildman–Crippen MR) is 112 cm³/mol. The van der Waals surface area contributed by atoms with Crippen LogP contribution in [0.4, 0.5) is 5.69 Å². The topological polar surface area (TPSA) is 59.1 Å². The van der Waals surface area contributed by atoms with Crippen LogP contribution in [0.25, 0.3) is 0 Å². The van der Waals surface area contributed by atoms with Gasteiger partial charge in [-0.2, -0.15) is 0 Å². The quantitative estimate of drug-likeness (QED) is 0.688. The minimum absolute atomic E-state index is 0.0226. The second-order valence-electron chi connectivity index (χ2n) is 7.29. The number of benzene rings is 2. The first kappa shape index (κ1) is 20.7. The van der Waals surface area contributed by atoms with Crippen LogP contribution in [0.15, 0.2) is 48.5 Å². The Labute approximate surface area is 172 Å². The molecule has 1 aliphatic rings. The maximum Gasteiger partial charge on any atom is 0.227 e. The molecule has 0 radical (unpaired) electrons. The second-order valence-corrected chi connectivity index (χ2v) is 7.29. The molecule has 2 amide bonds. The maximum atomic E-state index is 12.8. The van der Waals surface area contributed by atoms with Crippen LogP contribution in [0.1, 0.15) is 18.4 Å². The molecule has 1 unspecified atom stereocenters. The number of carbonyl (C=O) groups excluding carboxylic acids is 2. The Morgan fingerprint density at radius 3 is 2.52 bits per heavy atom. The molecule has 0 bridgehead atoms. The van der Waals surface area contributed by atoms with Gasteiger partial charge in [0.2, 0.25) is 11.8 Å². The van der Waals surface area contributed by atoms with Crippen LogP contribution in [0.2, 0.25) is 0 Å². The minimum Gasteiger partial charge on any atom is -0.493 e. The normalized spacial score (nSPS) is 16.0. The predicted octanol–water partition coefficient (Wildman–Crippen LogP) is 3.15. The van der Waals surface area contributed by atoms with Gasteiger partial charge in [-0.15, -0.1) is 0 Å². The number of methoxy groups -OCH3 is 2. The van der Waals surface area contributed by atoms with Gasteiger partial charge in [-0.3, -0.25) is 9.59 Å². The van der Waals surface area contributed by atoms with E-state index in [4.69, 9.17) is 9.47 Å². The molecule has 0 N–H and O–H groups in total. The summed E-state index contributed by atoms with van der Waals surface area (Å²) in [7, 11) is 4.95. The largest absolute Gasteiger partial charge is 0.493 e. The molecular weight excluding hydrogens is 368 g/mol. The van der Waals surface area contributed by atoms with Gasteiger partial charge < -0.3 is 19.3 Å². The van der Waals surface area contributed by atoms with Crippen molar-refractivity contribution in [3.63, 3.8) is 0 Å². The van der Waals surface area contributed by atoms with Gasteiger partial charge in [0.1, 0.15) is 0 Å². The zero-order valence-corrected chi connectivity index (χ0v) is 17.3. The van der Waals surface area contributed by atoms with Gasteiger partial charge in [-0.1, -0.05) is 30.3 Å². The van der Waals surface area contributed by atoms with Crippen molar-refractivity contribution in [2.75, 3.05) is 39.3 Å². The van der Waals surface area contributed by atoms with Crippen molar-refractivity contribution in [2.24, 2.45) is 5.92 Å². The Bertz CT molecular complexity index is 853. The van der Waals surface area contributed by atoms with Crippen LogP contribution in [-0.2, 0) is 16.0 Å². The third-order valence-corrected chi connectivity index (χ3v) is 5.33. The van der Waals surface area contributed by atoms with E-state index in [1.54, 1.807) is 36.2 Å². The zero-order valence-electron chi connectivity index (χ0n) is 17.3. The summed E-state index contributed by atoms with van der Waals surface area (Å²) in [6.07, 6.45) is 2.06. The summed E-state index contributed by atoms with van der Waals surface area (Å²) in [4.78, 5) is 28.8. The monoisotopic (exact) mass is 396 g/mol. The highest BCUT2D eigenvalue weighted by Gasteiger charge is 2.36. The summed E-state index contributed by atoms with van der Waals surface area (Å²) in [5.41, 5.74) is 1.98. The molecule has 1 heterocycles. The van der Waals surface area contributed by atoms with Gasteiger partial charge in [-0.25, -0.2) is 0 Å².